The van der Waals surface area contributed by atoms with Gasteiger partial charge in [0.05, 0.1) is 0 Å². The molecule has 0 saturated heterocycles. The summed E-state index contributed by atoms with van der Waals surface area (Å²) >= 11 is 0. The van der Waals surface area contributed by atoms with Crippen molar-refractivity contribution in [2.45, 2.75) is 40.8 Å². The van der Waals surface area contributed by atoms with E-state index in [2.05, 4.69) is 25.1 Å². The Hall–Kier alpha value is -1.31. The second kappa shape index (κ2) is 4.96. The highest BCUT2D eigenvalue weighted by molar-refractivity contribution is 5.74. The quantitative estimate of drug-likeness (QED) is 0.637. The fourth-order valence-corrected chi connectivity index (χ4v) is 1.75. The molecule has 1 amide bonds. The lowest BCUT2D eigenvalue weighted by molar-refractivity contribution is -0.129. The molecule has 0 aliphatic carbocycles. The molecule has 0 radical (unpaired) electrons. The minimum atomic E-state index is 0.161. The van der Waals surface area contributed by atoms with Gasteiger partial charge in [0.15, 0.2) is 0 Å². The fraction of sp³-hybridized carbons (Fsp3) is 0.462. The highest BCUT2D eigenvalue weighted by Crippen LogP contribution is 2.23. The standard InChI is InChI=1S/C11H13NO.C2H6/c1-8-3-4-10-6-12(9(2)13)7-11(10)5-8;1-2/h3-5H,6-7H2,1-2H3;1-2H3. The summed E-state index contributed by atoms with van der Waals surface area (Å²) in [4.78, 5) is 13.0. The molecule has 0 N–H and O–H groups in total. The molecule has 1 heterocycles. The van der Waals surface area contributed by atoms with Gasteiger partial charge in [-0.25, -0.2) is 0 Å². The van der Waals surface area contributed by atoms with Crippen LogP contribution in [0, 0.1) is 6.92 Å². The highest BCUT2D eigenvalue weighted by Gasteiger charge is 2.19. The summed E-state index contributed by atoms with van der Waals surface area (Å²) in [5.41, 5.74) is 3.86. The van der Waals surface area contributed by atoms with E-state index in [0.29, 0.717) is 0 Å². The molecule has 0 fully saturated rings. The summed E-state index contributed by atoms with van der Waals surface area (Å²) in [6.07, 6.45) is 0. The molecule has 82 valence electrons. The largest absolute Gasteiger partial charge is 0.334 e. The first-order valence-electron chi connectivity index (χ1n) is 5.51. The summed E-state index contributed by atoms with van der Waals surface area (Å²) in [5, 5.41) is 0. The molecule has 1 aromatic rings. The number of rotatable bonds is 0. The molecule has 1 aliphatic heterocycles. The first-order valence-corrected chi connectivity index (χ1v) is 5.51. The number of hydrogen-bond donors (Lipinski definition) is 0. The molecular weight excluding hydrogens is 186 g/mol. The van der Waals surface area contributed by atoms with E-state index in [9.17, 15) is 4.79 Å². The molecule has 0 bridgehead atoms. The minimum Gasteiger partial charge on any atom is -0.334 e. The van der Waals surface area contributed by atoms with Crippen molar-refractivity contribution < 1.29 is 4.79 Å². The Morgan fingerprint density at radius 2 is 1.80 bits per heavy atom. The maximum atomic E-state index is 11.1. The zero-order chi connectivity index (χ0) is 11.4. The first kappa shape index (κ1) is 11.8. The molecule has 15 heavy (non-hydrogen) atoms. The third kappa shape index (κ3) is 2.58. The van der Waals surface area contributed by atoms with Gasteiger partial charge >= 0.3 is 0 Å². The van der Waals surface area contributed by atoms with Crippen LogP contribution in [0.15, 0.2) is 18.2 Å². The van der Waals surface area contributed by atoms with Crippen LogP contribution in [0.1, 0.15) is 37.5 Å². The van der Waals surface area contributed by atoms with Crippen molar-refractivity contribution in [2.75, 3.05) is 0 Å². The average molecular weight is 205 g/mol. The monoisotopic (exact) mass is 205 g/mol. The van der Waals surface area contributed by atoms with Crippen LogP contribution < -0.4 is 0 Å². The lowest BCUT2D eigenvalue weighted by atomic mass is 10.1. The maximum Gasteiger partial charge on any atom is 0.220 e. The van der Waals surface area contributed by atoms with Gasteiger partial charge in [-0.05, 0) is 18.1 Å². The number of hydrogen-bond acceptors (Lipinski definition) is 1. The highest BCUT2D eigenvalue weighted by atomic mass is 16.2. The van der Waals surface area contributed by atoms with E-state index < -0.39 is 0 Å². The van der Waals surface area contributed by atoms with E-state index >= 15 is 0 Å². The fourth-order valence-electron chi connectivity index (χ4n) is 1.75. The average Bonchev–Trinajstić information content (AvgIpc) is 2.63. The predicted molar refractivity (Wildman–Crippen MR) is 62.5 cm³/mol. The van der Waals surface area contributed by atoms with Crippen LogP contribution in [0.25, 0.3) is 0 Å². The summed E-state index contributed by atoms with van der Waals surface area (Å²) < 4.78 is 0. The third-order valence-corrected chi connectivity index (χ3v) is 2.53. The van der Waals surface area contributed by atoms with E-state index in [1.807, 2.05) is 18.7 Å². The van der Waals surface area contributed by atoms with Crippen molar-refractivity contribution in [2.24, 2.45) is 0 Å². The molecule has 2 rings (SSSR count). The Balaban J connectivity index is 0.000000531. The molecule has 0 unspecified atom stereocenters. The van der Waals surface area contributed by atoms with Gasteiger partial charge in [-0.3, -0.25) is 4.79 Å². The van der Waals surface area contributed by atoms with Gasteiger partial charge in [-0.15, -0.1) is 0 Å². The Morgan fingerprint density at radius 3 is 2.40 bits per heavy atom. The van der Waals surface area contributed by atoms with Crippen LogP contribution >= 0.6 is 0 Å². The Morgan fingerprint density at radius 1 is 1.20 bits per heavy atom. The van der Waals surface area contributed by atoms with Gasteiger partial charge in [0.2, 0.25) is 5.91 Å². The summed E-state index contributed by atoms with van der Waals surface area (Å²) in [6.45, 7) is 9.27. The van der Waals surface area contributed by atoms with Crippen molar-refractivity contribution in [3.63, 3.8) is 0 Å². The number of nitrogens with zero attached hydrogens (tertiary/aromatic N) is 1. The molecule has 0 spiro atoms. The van der Waals surface area contributed by atoms with Crippen molar-refractivity contribution in [1.29, 1.82) is 0 Å². The van der Waals surface area contributed by atoms with Gasteiger partial charge in [-0.2, -0.15) is 0 Å². The topological polar surface area (TPSA) is 20.3 Å². The number of carbonyl (C=O) groups excluding carboxylic acids is 1. The zero-order valence-corrected chi connectivity index (χ0v) is 10.0. The van der Waals surface area contributed by atoms with E-state index in [1.165, 1.54) is 16.7 Å². The van der Waals surface area contributed by atoms with Crippen molar-refractivity contribution in [1.82, 2.24) is 4.90 Å². The molecule has 1 aromatic carbocycles. The van der Waals surface area contributed by atoms with E-state index in [1.54, 1.807) is 6.92 Å². The Bertz CT molecular complexity index is 358. The molecule has 2 heteroatoms. The summed E-state index contributed by atoms with van der Waals surface area (Å²) in [7, 11) is 0. The molecule has 0 aromatic heterocycles. The van der Waals surface area contributed by atoms with Gasteiger partial charge in [0.25, 0.3) is 0 Å². The van der Waals surface area contributed by atoms with Crippen molar-refractivity contribution in [3.05, 3.63) is 34.9 Å². The first-order chi connectivity index (χ1) is 7.16. The smallest absolute Gasteiger partial charge is 0.220 e. The summed E-state index contributed by atoms with van der Waals surface area (Å²) in [5.74, 6) is 0.161. The SMILES string of the molecule is CC.CC(=O)N1Cc2ccc(C)cc2C1. The van der Waals surface area contributed by atoms with Crippen LogP contribution in [-0.2, 0) is 17.9 Å². The molecule has 0 atom stereocenters. The third-order valence-electron chi connectivity index (χ3n) is 2.53. The number of amides is 1. The van der Waals surface area contributed by atoms with Gasteiger partial charge in [0.1, 0.15) is 0 Å². The van der Waals surface area contributed by atoms with Crippen LogP contribution in [0.2, 0.25) is 0 Å². The van der Waals surface area contributed by atoms with Crippen LogP contribution in [0.3, 0.4) is 0 Å². The van der Waals surface area contributed by atoms with E-state index in [0.717, 1.165) is 13.1 Å². The zero-order valence-electron chi connectivity index (χ0n) is 10.0. The number of fused-ring (bicyclic) bond motifs is 1. The number of aryl methyl sites for hydroxylation is 1. The van der Waals surface area contributed by atoms with Gasteiger partial charge in [-0.1, -0.05) is 37.6 Å². The lowest BCUT2D eigenvalue weighted by Gasteiger charge is -2.10. The maximum absolute atomic E-state index is 11.1. The molecular formula is C13H19NO. The molecule has 0 saturated carbocycles. The molecule has 1 aliphatic rings. The second-order valence-electron chi connectivity index (χ2n) is 3.65. The Labute approximate surface area is 91.9 Å². The predicted octanol–water partition coefficient (Wildman–Crippen LogP) is 2.88. The number of carbonyl (C=O) groups is 1. The van der Waals surface area contributed by atoms with Crippen molar-refractivity contribution >= 4 is 5.91 Å². The van der Waals surface area contributed by atoms with Crippen LogP contribution in [0.5, 0.6) is 0 Å². The van der Waals surface area contributed by atoms with Crippen LogP contribution in [-0.4, -0.2) is 10.8 Å². The second-order valence-corrected chi connectivity index (χ2v) is 3.65. The molecule has 2 nitrogen and oxygen atoms in total. The normalized spacial score (nSPS) is 12.9. The van der Waals surface area contributed by atoms with Gasteiger partial charge in [0, 0.05) is 20.0 Å². The van der Waals surface area contributed by atoms with E-state index in [-0.39, 0.29) is 5.91 Å². The minimum absolute atomic E-state index is 0.161. The Kier molecular flexibility index (Phi) is 3.89. The summed E-state index contributed by atoms with van der Waals surface area (Å²) in [6, 6.07) is 6.38. The van der Waals surface area contributed by atoms with Crippen molar-refractivity contribution in [3.8, 4) is 0 Å². The van der Waals surface area contributed by atoms with Gasteiger partial charge < -0.3 is 4.90 Å². The number of benzene rings is 1. The van der Waals surface area contributed by atoms with E-state index in [4.69, 9.17) is 0 Å². The lowest BCUT2D eigenvalue weighted by Crippen LogP contribution is -2.21. The van der Waals surface area contributed by atoms with Crippen LogP contribution in [0.4, 0.5) is 0 Å².